The van der Waals surface area contributed by atoms with Gasteiger partial charge in [0.15, 0.2) is 0 Å². The quantitative estimate of drug-likeness (QED) is 0.121. The Morgan fingerprint density at radius 2 is 0.583 bits per heavy atom. The van der Waals surface area contributed by atoms with Gasteiger partial charge in [0, 0.05) is 71.7 Å². The second-order valence-electron chi connectivity index (χ2n) is 36.5. The Balaban J connectivity index is 0.669. The number of hydrogen-bond donors (Lipinski definition) is 0. The molecule has 0 fully saturated rings. The first-order valence-corrected chi connectivity index (χ1v) is 44.7. The molecule has 2 aromatic heterocycles. The highest BCUT2D eigenvalue weighted by Crippen LogP contribution is 2.66. The highest BCUT2D eigenvalue weighted by molar-refractivity contribution is 6.19. The van der Waals surface area contributed by atoms with E-state index in [1.807, 2.05) is 0 Å². The van der Waals surface area contributed by atoms with Crippen LogP contribution in [0.5, 0.6) is 0 Å². The van der Waals surface area contributed by atoms with Gasteiger partial charge in [-0.3, -0.25) is 0 Å². The minimum atomic E-state index is -0.567. The molecule has 2 heterocycles. The predicted octanol–water partition coefficient (Wildman–Crippen LogP) is 32.1. The number of fused-ring (bicyclic) bond motifs is 25. The summed E-state index contributed by atoms with van der Waals surface area (Å²) in [6, 6.07) is 164. The average molecular weight is 1620 g/mol. The molecule has 127 heavy (non-hydrogen) atoms. The van der Waals surface area contributed by atoms with Crippen LogP contribution in [0.15, 0.2) is 431 Å². The highest BCUT2D eigenvalue weighted by atomic mass is 15.2. The van der Waals surface area contributed by atoms with E-state index in [1.165, 1.54) is 166 Å². The van der Waals surface area contributed by atoms with E-state index in [9.17, 15) is 0 Å². The van der Waals surface area contributed by atoms with Crippen molar-refractivity contribution in [1.82, 2.24) is 9.13 Å². The third-order valence-corrected chi connectivity index (χ3v) is 29.6. The molecule has 26 rings (SSSR count). The first-order valence-electron chi connectivity index (χ1n) is 44.7. The molecule has 1 atom stereocenters. The molecule has 4 heteroatoms. The van der Waals surface area contributed by atoms with Crippen molar-refractivity contribution in [3.8, 4) is 100 Å². The number of para-hydroxylation sites is 6. The first-order chi connectivity index (χ1) is 62.5. The van der Waals surface area contributed by atoms with Gasteiger partial charge in [0.1, 0.15) is 0 Å². The van der Waals surface area contributed by atoms with Crippen LogP contribution in [0.4, 0.5) is 34.1 Å². The molecule has 598 valence electrons. The molecular weight excluding hydrogens is 1530 g/mol. The molecule has 4 nitrogen and oxygen atoms in total. The fourth-order valence-electron chi connectivity index (χ4n) is 24.2. The zero-order valence-corrected chi connectivity index (χ0v) is 71.3. The summed E-state index contributed by atoms with van der Waals surface area (Å²) in [6.45, 7) is 12.2. The maximum absolute atomic E-state index is 2.62. The van der Waals surface area contributed by atoms with Gasteiger partial charge in [-0.2, -0.15) is 0 Å². The number of nitrogens with zero attached hydrogens (tertiary/aromatic N) is 4. The van der Waals surface area contributed by atoms with Crippen molar-refractivity contribution in [3.63, 3.8) is 0 Å². The molecule has 5 aliphatic carbocycles. The molecule has 19 aromatic carbocycles. The topological polar surface area (TPSA) is 16.3 Å². The smallest absolute Gasteiger partial charge is 0.0726 e. The van der Waals surface area contributed by atoms with Gasteiger partial charge in [0.05, 0.1) is 50.2 Å². The third-order valence-electron chi connectivity index (χ3n) is 29.6. The molecule has 0 amide bonds. The standard InChI is InChI=1S/C123H86N4/c1-120(2)98-54-23-18-47-92(98)115-90(51-32-58-104(115)120)88-45-19-27-60-107(88)126(113-66-34-64-111-117(113)93-48-21-29-62-109(93)124(111)79-38-11-7-12-39-79)81-70-73-100-97(75-81)96-74-77(68-72-99(96)122(100,5)78-36-9-6-10-37-78)83-50-31-53-95-116-91(52-33-59-105(116)121(3,4)119(83)95)89-46-20-28-61-108(89)127(114-67-35-65-112-118(114)94-49-22-30-63-110(94)125(112)80-40-13-8-14-41-80)82-69-71-87-86-44-17-26-57-103(86)123(106(87)76-82)101-55-24-15-42-84(101)85-43-16-25-56-102(85)123/h6-76H,1-5H3. The van der Waals surface area contributed by atoms with Crippen molar-refractivity contribution in [1.29, 1.82) is 0 Å². The van der Waals surface area contributed by atoms with E-state index >= 15 is 0 Å². The third kappa shape index (κ3) is 10.0. The summed E-state index contributed by atoms with van der Waals surface area (Å²) >= 11 is 0. The Hall–Kier alpha value is -15.6. The summed E-state index contributed by atoms with van der Waals surface area (Å²) in [5, 5.41) is 4.75. The fourth-order valence-corrected chi connectivity index (χ4v) is 24.2. The summed E-state index contributed by atoms with van der Waals surface area (Å²) in [7, 11) is 0. The van der Waals surface area contributed by atoms with Crippen LogP contribution in [0.3, 0.4) is 0 Å². The Morgan fingerprint density at radius 3 is 1.14 bits per heavy atom. The lowest BCUT2D eigenvalue weighted by molar-refractivity contribution is 0.660. The van der Waals surface area contributed by atoms with Gasteiger partial charge in [0.25, 0.3) is 0 Å². The Bertz CT molecular complexity index is 8170. The summed E-state index contributed by atoms with van der Waals surface area (Å²) in [4.78, 5) is 5.22. The Labute approximate surface area is 740 Å². The van der Waals surface area contributed by atoms with E-state index in [-0.39, 0.29) is 5.41 Å². The van der Waals surface area contributed by atoms with Crippen LogP contribution in [0.25, 0.3) is 144 Å². The summed E-state index contributed by atoms with van der Waals surface area (Å²) < 4.78 is 4.91. The number of anilines is 6. The van der Waals surface area contributed by atoms with Gasteiger partial charge >= 0.3 is 0 Å². The van der Waals surface area contributed by atoms with Crippen LogP contribution in [-0.4, -0.2) is 9.13 Å². The minimum Gasteiger partial charge on any atom is -0.309 e. The molecule has 0 saturated heterocycles. The van der Waals surface area contributed by atoms with E-state index in [4.69, 9.17) is 0 Å². The van der Waals surface area contributed by atoms with Crippen LogP contribution in [0, 0.1) is 0 Å². The zero-order chi connectivity index (χ0) is 84.3. The van der Waals surface area contributed by atoms with E-state index in [2.05, 4.69) is 484 Å². The summed E-state index contributed by atoms with van der Waals surface area (Å²) in [5.74, 6) is 0. The molecule has 0 bridgehead atoms. The van der Waals surface area contributed by atoms with E-state index in [0.29, 0.717) is 0 Å². The van der Waals surface area contributed by atoms with Crippen LogP contribution < -0.4 is 9.80 Å². The van der Waals surface area contributed by atoms with Crippen molar-refractivity contribution in [3.05, 3.63) is 492 Å². The molecule has 0 saturated carbocycles. The molecule has 1 unspecified atom stereocenters. The van der Waals surface area contributed by atoms with E-state index in [0.717, 1.165) is 73.1 Å². The average Bonchev–Trinajstić information content (AvgIpc) is 1.52. The zero-order valence-electron chi connectivity index (χ0n) is 71.3. The molecule has 1 spiro atoms. The number of rotatable bonds is 12. The number of hydrogen-bond acceptors (Lipinski definition) is 2. The monoisotopic (exact) mass is 1620 g/mol. The predicted molar refractivity (Wildman–Crippen MR) is 530 cm³/mol. The van der Waals surface area contributed by atoms with Crippen molar-refractivity contribution < 1.29 is 0 Å². The Morgan fingerprint density at radius 1 is 0.213 bits per heavy atom. The SMILES string of the molecule is CC1(C)c2ccccc2-c2c(-c3ccccc3N(c3ccc4c(c3)-c3cc(-c5cccc6c5C(C)(C)c5cccc(-c7ccccc7N(c7ccc8c(c7)C7(c9ccccc9-c9ccccc97)c7ccccc7-8)c7cccc8c7c7ccccc7n8-c7ccccc7)c5-6)ccc3C4(C)c3ccccc3)c3cccc4c3c3ccccc3n4-c3ccccc3)cccc21. The lowest BCUT2D eigenvalue weighted by Gasteiger charge is -2.33. The molecule has 21 aromatic rings. The normalized spacial score (nSPS) is 15.0. The number of benzene rings is 19. The Kier molecular flexibility index (Phi) is 15.6. The maximum Gasteiger partial charge on any atom is 0.0726 e. The molecule has 5 aliphatic rings. The fraction of sp³-hybridized carbons (Fsp3) is 0.0732. The van der Waals surface area contributed by atoms with Gasteiger partial charge in [-0.15, -0.1) is 0 Å². The first kappa shape index (κ1) is 73.0. The van der Waals surface area contributed by atoms with Crippen LogP contribution >= 0.6 is 0 Å². The van der Waals surface area contributed by atoms with Gasteiger partial charge in [0.2, 0.25) is 0 Å². The second-order valence-corrected chi connectivity index (χ2v) is 36.5. The molecule has 0 radical (unpaired) electrons. The van der Waals surface area contributed by atoms with Crippen molar-refractivity contribution in [2.75, 3.05) is 9.80 Å². The maximum atomic E-state index is 2.62. The second kappa shape index (κ2) is 27.2. The largest absolute Gasteiger partial charge is 0.309 e. The van der Waals surface area contributed by atoms with Crippen molar-refractivity contribution in [2.24, 2.45) is 0 Å². The van der Waals surface area contributed by atoms with Crippen LogP contribution in [0.1, 0.15) is 95.8 Å². The summed E-state index contributed by atoms with van der Waals surface area (Å²) in [5.41, 5.74) is 45.9. The van der Waals surface area contributed by atoms with Gasteiger partial charge in [-0.05, 0) is 249 Å². The van der Waals surface area contributed by atoms with Crippen molar-refractivity contribution in [2.45, 2.75) is 56.3 Å². The summed E-state index contributed by atoms with van der Waals surface area (Å²) in [6.07, 6.45) is 0. The van der Waals surface area contributed by atoms with Crippen LogP contribution in [0.2, 0.25) is 0 Å². The lowest BCUT2D eigenvalue weighted by atomic mass is 9.70. The van der Waals surface area contributed by atoms with Crippen molar-refractivity contribution >= 4 is 77.7 Å². The van der Waals surface area contributed by atoms with Gasteiger partial charge in [-0.1, -0.05) is 355 Å². The lowest BCUT2D eigenvalue weighted by Crippen LogP contribution is -2.26. The highest BCUT2D eigenvalue weighted by Gasteiger charge is 2.53. The number of aromatic nitrogens is 2. The van der Waals surface area contributed by atoms with Crippen LogP contribution in [-0.2, 0) is 21.7 Å². The minimum absolute atomic E-state index is 0.190. The van der Waals surface area contributed by atoms with E-state index < -0.39 is 16.2 Å². The molecule has 0 N–H and O–H groups in total. The van der Waals surface area contributed by atoms with E-state index in [1.54, 1.807) is 0 Å². The molecular formula is C123H86N4. The van der Waals surface area contributed by atoms with Gasteiger partial charge in [-0.25, -0.2) is 0 Å². The molecule has 0 aliphatic heterocycles. The van der Waals surface area contributed by atoms with Gasteiger partial charge < -0.3 is 18.9 Å².